The number of hydrogen-bond acceptors (Lipinski definition) is 4. The van der Waals surface area contributed by atoms with Crippen LogP contribution in [0.25, 0.3) is 10.9 Å². The summed E-state index contributed by atoms with van der Waals surface area (Å²) in [7, 11) is 1.69. The van der Waals surface area contributed by atoms with Gasteiger partial charge in [0.05, 0.1) is 23.4 Å². The molecule has 0 spiro atoms. The Morgan fingerprint density at radius 2 is 2.00 bits per heavy atom. The summed E-state index contributed by atoms with van der Waals surface area (Å²) in [6.45, 7) is 4.50. The molecular weight excluding hydrogens is 333 g/mol. The van der Waals surface area contributed by atoms with Crippen LogP contribution in [-0.4, -0.2) is 43.1 Å². The fraction of sp³-hybridized carbons (Fsp3) is 0.250. The number of H-pyrrole nitrogens is 1. The molecule has 0 saturated carbocycles. The maximum Gasteiger partial charge on any atom is 0.198 e. The van der Waals surface area contributed by atoms with Crippen molar-refractivity contribution >= 4 is 28.5 Å². The number of anilines is 1. The Morgan fingerprint density at radius 1 is 1.23 bits per heavy atom. The summed E-state index contributed by atoms with van der Waals surface area (Å²) in [5.74, 6) is -0.380. The number of aliphatic imine (C=N–C) groups is 1. The molecule has 0 fully saturated rings. The fourth-order valence-corrected chi connectivity index (χ4v) is 2.87. The lowest BCUT2D eigenvalue weighted by atomic mass is 10.2. The van der Waals surface area contributed by atoms with E-state index in [1.54, 1.807) is 19.4 Å². The molecule has 2 N–H and O–H groups in total. The van der Waals surface area contributed by atoms with Gasteiger partial charge in [0.1, 0.15) is 5.82 Å². The Bertz CT molecular complexity index is 903. The largest absolute Gasteiger partial charge is 0.494 e. The van der Waals surface area contributed by atoms with Gasteiger partial charge in [-0.15, -0.1) is 0 Å². The van der Waals surface area contributed by atoms with Gasteiger partial charge in [0.2, 0.25) is 0 Å². The summed E-state index contributed by atoms with van der Waals surface area (Å²) in [4.78, 5) is 9.41. The zero-order chi connectivity index (χ0) is 18.5. The Hall–Kier alpha value is -2.86. The minimum Gasteiger partial charge on any atom is -0.494 e. The van der Waals surface area contributed by atoms with E-state index in [4.69, 9.17) is 4.74 Å². The molecule has 0 aliphatic rings. The number of halogens is 1. The number of benzene rings is 2. The summed E-state index contributed by atoms with van der Waals surface area (Å²) < 4.78 is 18.4. The molecule has 0 saturated heterocycles. The number of aromatic hydroxyl groups is 1. The molecule has 1 aromatic heterocycles. The number of methoxy groups -OCH3 is 1. The van der Waals surface area contributed by atoms with Crippen molar-refractivity contribution in [3.05, 3.63) is 53.8 Å². The smallest absolute Gasteiger partial charge is 0.198 e. The van der Waals surface area contributed by atoms with E-state index in [0.717, 1.165) is 29.9 Å². The van der Waals surface area contributed by atoms with E-state index in [-0.39, 0.29) is 11.7 Å². The van der Waals surface area contributed by atoms with E-state index in [9.17, 15) is 9.50 Å². The van der Waals surface area contributed by atoms with Crippen LogP contribution < -0.4 is 4.90 Å². The second kappa shape index (κ2) is 8.01. The number of nitrogens with one attached hydrogen (secondary N) is 1. The van der Waals surface area contributed by atoms with Gasteiger partial charge in [0.15, 0.2) is 5.88 Å². The lowest BCUT2D eigenvalue weighted by molar-refractivity contribution is 0.205. The SMILES string of the molecule is CCN(CCOC)c1ccc(N=Cc2c(O)[nH]c3cc(F)ccc23)cc1. The van der Waals surface area contributed by atoms with Crippen molar-refractivity contribution in [2.24, 2.45) is 4.99 Å². The first-order chi connectivity index (χ1) is 12.6. The molecule has 26 heavy (non-hydrogen) atoms. The van der Waals surface area contributed by atoms with Crippen LogP contribution in [0, 0.1) is 5.82 Å². The van der Waals surface area contributed by atoms with Crippen molar-refractivity contribution in [1.29, 1.82) is 0 Å². The zero-order valence-electron chi connectivity index (χ0n) is 14.9. The van der Waals surface area contributed by atoms with E-state index < -0.39 is 0 Å². The van der Waals surface area contributed by atoms with Crippen LogP contribution in [0.3, 0.4) is 0 Å². The number of rotatable bonds is 7. The lowest BCUT2D eigenvalue weighted by Crippen LogP contribution is -2.26. The van der Waals surface area contributed by atoms with Gasteiger partial charge in [-0.2, -0.15) is 0 Å². The molecule has 0 radical (unpaired) electrons. The predicted molar refractivity (Wildman–Crippen MR) is 103 cm³/mol. The van der Waals surface area contributed by atoms with Crippen molar-refractivity contribution in [3.8, 4) is 5.88 Å². The zero-order valence-corrected chi connectivity index (χ0v) is 14.9. The van der Waals surface area contributed by atoms with Crippen molar-refractivity contribution in [2.45, 2.75) is 6.92 Å². The van der Waals surface area contributed by atoms with Crippen LogP contribution in [0.4, 0.5) is 15.8 Å². The van der Waals surface area contributed by atoms with Crippen molar-refractivity contribution in [3.63, 3.8) is 0 Å². The number of aromatic amines is 1. The van der Waals surface area contributed by atoms with Crippen LogP contribution in [0.5, 0.6) is 5.88 Å². The molecule has 6 heteroatoms. The molecule has 0 aliphatic heterocycles. The van der Waals surface area contributed by atoms with Crippen molar-refractivity contribution in [2.75, 3.05) is 31.7 Å². The molecule has 136 valence electrons. The fourth-order valence-electron chi connectivity index (χ4n) is 2.87. The quantitative estimate of drug-likeness (QED) is 0.623. The van der Waals surface area contributed by atoms with Gasteiger partial charge >= 0.3 is 0 Å². The van der Waals surface area contributed by atoms with Crippen LogP contribution >= 0.6 is 0 Å². The van der Waals surface area contributed by atoms with Crippen molar-refractivity contribution in [1.82, 2.24) is 4.98 Å². The summed E-state index contributed by atoms with van der Waals surface area (Å²) in [6.07, 6.45) is 1.59. The van der Waals surface area contributed by atoms with E-state index in [1.165, 1.54) is 12.1 Å². The maximum atomic E-state index is 13.3. The predicted octanol–water partition coefficient (Wildman–Crippen LogP) is 4.24. The number of fused-ring (bicyclic) bond motifs is 1. The third-order valence-electron chi connectivity index (χ3n) is 4.28. The van der Waals surface area contributed by atoms with Gasteiger partial charge in [-0.25, -0.2) is 4.39 Å². The highest BCUT2D eigenvalue weighted by molar-refractivity contribution is 6.02. The molecule has 1 heterocycles. The van der Waals surface area contributed by atoms with Crippen molar-refractivity contribution < 1.29 is 14.2 Å². The van der Waals surface area contributed by atoms with Crippen LogP contribution in [0.15, 0.2) is 47.5 Å². The molecule has 5 nitrogen and oxygen atoms in total. The third-order valence-corrected chi connectivity index (χ3v) is 4.28. The van der Waals surface area contributed by atoms with Crippen LogP contribution in [0.1, 0.15) is 12.5 Å². The van der Waals surface area contributed by atoms with E-state index in [0.29, 0.717) is 17.7 Å². The van der Waals surface area contributed by atoms with E-state index >= 15 is 0 Å². The van der Waals surface area contributed by atoms with Crippen LogP contribution in [0.2, 0.25) is 0 Å². The first-order valence-electron chi connectivity index (χ1n) is 8.50. The molecule has 0 atom stereocenters. The molecule has 0 bridgehead atoms. The second-order valence-corrected chi connectivity index (χ2v) is 5.92. The molecule has 3 aromatic rings. The summed E-state index contributed by atoms with van der Waals surface area (Å²) >= 11 is 0. The highest BCUT2D eigenvalue weighted by atomic mass is 19.1. The number of likely N-dealkylation sites (N-methyl/N-ethyl adjacent to an activating group) is 1. The highest BCUT2D eigenvalue weighted by Gasteiger charge is 2.09. The Kier molecular flexibility index (Phi) is 5.53. The van der Waals surface area contributed by atoms with E-state index in [2.05, 4.69) is 21.8 Å². The molecule has 3 rings (SSSR count). The van der Waals surface area contributed by atoms with Gasteiger partial charge in [-0.3, -0.25) is 4.99 Å². The monoisotopic (exact) mass is 355 g/mol. The van der Waals surface area contributed by atoms with Crippen LogP contribution in [-0.2, 0) is 4.74 Å². The maximum absolute atomic E-state index is 13.3. The Balaban J connectivity index is 1.80. The minimum atomic E-state index is -0.355. The average molecular weight is 355 g/mol. The Labute approximate surface area is 151 Å². The third kappa shape index (κ3) is 3.86. The van der Waals surface area contributed by atoms with E-state index in [1.807, 2.05) is 24.3 Å². The lowest BCUT2D eigenvalue weighted by Gasteiger charge is -2.22. The molecule has 0 amide bonds. The molecular formula is C20H22FN3O2. The van der Waals surface area contributed by atoms with Gasteiger partial charge in [0, 0.05) is 37.5 Å². The Morgan fingerprint density at radius 3 is 2.69 bits per heavy atom. The number of aromatic nitrogens is 1. The standard InChI is InChI=1S/C20H22FN3O2/c1-3-24(10-11-26-2)16-7-5-15(6-8-16)22-13-18-17-9-4-14(21)12-19(17)23-20(18)25/h4-9,12-13,23,25H,3,10-11H2,1-2H3. The summed E-state index contributed by atoms with van der Waals surface area (Å²) in [5.41, 5.74) is 2.96. The van der Waals surface area contributed by atoms with Gasteiger partial charge in [0.25, 0.3) is 0 Å². The first kappa shape index (κ1) is 17.9. The summed E-state index contributed by atoms with van der Waals surface area (Å²) in [6, 6.07) is 12.2. The molecule has 2 aromatic carbocycles. The summed E-state index contributed by atoms with van der Waals surface area (Å²) in [5, 5.41) is 10.8. The number of nitrogens with zero attached hydrogens (tertiary/aromatic N) is 2. The normalized spacial score (nSPS) is 11.5. The molecule has 0 unspecified atom stereocenters. The molecule has 0 aliphatic carbocycles. The average Bonchev–Trinajstić information content (AvgIpc) is 2.95. The van der Waals surface area contributed by atoms with Gasteiger partial charge in [-0.1, -0.05) is 0 Å². The second-order valence-electron chi connectivity index (χ2n) is 5.92. The minimum absolute atomic E-state index is 0.0253. The van der Waals surface area contributed by atoms with Gasteiger partial charge < -0.3 is 19.7 Å². The first-order valence-corrected chi connectivity index (χ1v) is 8.50. The van der Waals surface area contributed by atoms with Gasteiger partial charge in [-0.05, 0) is 49.4 Å². The topological polar surface area (TPSA) is 60.9 Å². The number of hydrogen-bond donors (Lipinski definition) is 2. The number of ether oxygens (including phenoxy) is 1. The highest BCUT2D eigenvalue weighted by Crippen LogP contribution is 2.27.